The molecule has 1 aromatic heterocycles. The van der Waals surface area contributed by atoms with Gasteiger partial charge < -0.3 is 15.5 Å². The molecule has 0 saturated heterocycles. The van der Waals surface area contributed by atoms with Gasteiger partial charge in [0.25, 0.3) is 0 Å². The lowest BCUT2D eigenvalue weighted by molar-refractivity contribution is -0.119. The molecule has 2 unspecified atom stereocenters. The zero-order chi connectivity index (χ0) is 12.1. The molecule has 1 amide bonds. The first-order valence-corrected chi connectivity index (χ1v) is 5.46. The summed E-state index contributed by atoms with van der Waals surface area (Å²) in [4.78, 5) is 11.6. The van der Waals surface area contributed by atoms with E-state index in [4.69, 9.17) is 5.26 Å². The number of nitriles is 1. The molecule has 1 heterocycles. The van der Waals surface area contributed by atoms with Crippen LogP contribution in [-0.4, -0.2) is 28.8 Å². The molecular formula is C10H12N2O3S. The first-order valence-electron chi connectivity index (χ1n) is 4.65. The molecule has 6 heteroatoms. The molecule has 2 atom stereocenters. The van der Waals surface area contributed by atoms with Crippen molar-refractivity contribution in [2.75, 3.05) is 6.54 Å². The van der Waals surface area contributed by atoms with Crippen molar-refractivity contribution in [3.8, 4) is 6.07 Å². The molecule has 0 aliphatic rings. The van der Waals surface area contributed by atoms with Crippen LogP contribution >= 0.6 is 11.3 Å². The molecule has 0 spiro atoms. The number of hydrogen-bond acceptors (Lipinski definition) is 5. The van der Waals surface area contributed by atoms with E-state index in [-0.39, 0.29) is 12.5 Å². The van der Waals surface area contributed by atoms with Crippen LogP contribution in [0.5, 0.6) is 0 Å². The lowest BCUT2D eigenvalue weighted by Crippen LogP contribution is -2.33. The minimum Gasteiger partial charge on any atom is -0.388 e. The van der Waals surface area contributed by atoms with Crippen LogP contribution in [0.4, 0.5) is 0 Å². The van der Waals surface area contributed by atoms with Gasteiger partial charge in [-0.05, 0) is 12.1 Å². The van der Waals surface area contributed by atoms with Gasteiger partial charge in [0.15, 0.2) is 0 Å². The van der Waals surface area contributed by atoms with E-state index >= 15 is 0 Å². The molecular weight excluding hydrogens is 228 g/mol. The molecule has 5 nitrogen and oxygen atoms in total. The minimum absolute atomic E-state index is 0.0176. The fourth-order valence-electron chi connectivity index (χ4n) is 1.12. The Morgan fingerprint density at radius 3 is 2.81 bits per heavy atom. The summed E-state index contributed by atoms with van der Waals surface area (Å²) in [5, 5.41) is 30.3. The summed E-state index contributed by atoms with van der Waals surface area (Å²) in [6.07, 6.45) is -2.16. The van der Waals surface area contributed by atoms with Crippen LogP contribution in [-0.2, 0) is 4.79 Å². The molecule has 3 N–H and O–H groups in total. The molecule has 0 fully saturated rings. The number of nitrogens with one attached hydrogen (secondary N) is 1. The maximum absolute atomic E-state index is 10.6. The first kappa shape index (κ1) is 12.6. The van der Waals surface area contributed by atoms with Gasteiger partial charge in [0, 0.05) is 18.3 Å². The minimum atomic E-state index is -1.08. The third-order valence-corrected chi connectivity index (χ3v) is 3.01. The van der Waals surface area contributed by atoms with Gasteiger partial charge in [-0.3, -0.25) is 4.79 Å². The second-order valence-electron chi connectivity index (χ2n) is 3.26. The van der Waals surface area contributed by atoms with Crippen molar-refractivity contribution >= 4 is 17.2 Å². The molecule has 0 radical (unpaired) electrons. The second-order valence-corrected chi connectivity index (χ2v) is 4.38. The van der Waals surface area contributed by atoms with Gasteiger partial charge in [0.2, 0.25) is 5.91 Å². The van der Waals surface area contributed by atoms with Gasteiger partial charge in [-0.1, -0.05) is 0 Å². The molecule has 0 aliphatic heterocycles. The zero-order valence-electron chi connectivity index (χ0n) is 8.67. The Labute approximate surface area is 97.0 Å². The standard InChI is InChI=1S/C10H12N2O3S/c1-6(13)12-5-8(14)10(15)9-3-2-7(4-11)16-9/h2-3,8,10,14-15H,5H2,1H3,(H,12,13). The Balaban J connectivity index is 2.59. The smallest absolute Gasteiger partial charge is 0.216 e. The number of nitrogens with zero attached hydrogens (tertiary/aromatic N) is 1. The fraction of sp³-hybridized carbons (Fsp3) is 0.400. The van der Waals surface area contributed by atoms with E-state index in [1.54, 1.807) is 12.1 Å². The number of amides is 1. The Kier molecular flexibility index (Phi) is 4.43. The molecule has 0 bridgehead atoms. The predicted octanol–water partition coefficient (Wildman–Crippen LogP) is 0.150. The topological polar surface area (TPSA) is 93.3 Å². The number of carbonyl (C=O) groups excluding carboxylic acids is 1. The van der Waals surface area contributed by atoms with E-state index in [2.05, 4.69) is 5.32 Å². The van der Waals surface area contributed by atoms with Gasteiger partial charge in [-0.2, -0.15) is 5.26 Å². The fourth-order valence-corrected chi connectivity index (χ4v) is 1.97. The van der Waals surface area contributed by atoms with E-state index in [9.17, 15) is 15.0 Å². The SMILES string of the molecule is CC(=O)NCC(O)C(O)c1ccc(C#N)s1. The van der Waals surface area contributed by atoms with Gasteiger partial charge in [-0.15, -0.1) is 11.3 Å². The summed E-state index contributed by atoms with van der Waals surface area (Å²) in [5.74, 6) is -0.268. The van der Waals surface area contributed by atoms with E-state index in [1.807, 2.05) is 6.07 Å². The largest absolute Gasteiger partial charge is 0.388 e. The van der Waals surface area contributed by atoms with Crippen LogP contribution in [0.15, 0.2) is 12.1 Å². The molecule has 1 rings (SSSR count). The summed E-state index contributed by atoms with van der Waals surface area (Å²) in [6.45, 7) is 1.31. The van der Waals surface area contributed by atoms with Crippen molar-refractivity contribution in [3.05, 3.63) is 21.9 Å². The number of thiophene rings is 1. The van der Waals surface area contributed by atoms with E-state index < -0.39 is 12.2 Å². The van der Waals surface area contributed by atoms with Crippen LogP contribution in [0.2, 0.25) is 0 Å². The normalized spacial score (nSPS) is 13.9. The lowest BCUT2D eigenvalue weighted by atomic mass is 10.1. The molecule has 1 aromatic rings. The highest BCUT2D eigenvalue weighted by Crippen LogP contribution is 2.24. The zero-order valence-corrected chi connectivity index (χ0v) is 9.49. The number of aliphatic hydroxyl groups is 2. The van der Waals surface area contributed by atoms with Crippen LogP contribution in [0, 0.1) is 11.3 Å². The van der Waals surface area contributed by atoms with Crippen LogP contribution in [0.25, 0.3) is 0 Å². The Hall–Kier alpha value is -1.42. The summed E-state index contributed by atoms with van der Waals surface area (Å²) in [5.41, 5.74) is 0. The third kappa shape index (κ3) is 3.31. The Morgan fingerprint density at radius 1 is 1.62 bits per heavy atom. The maximum Gasteiger partial charge on any atom is 0.216 e. The second kappa shape index (κ2) is 5.61. The molecule has 0 aliphatic carbocycles. The number of aliphatic hydroxyl groups excluding tert-OH is 2. The van der Waals surface area contributed by atoms with Crippen LogP contribution in [0.1, 0.15) is 22.8 Å². The lowest BCUT2D eigenvalue weighted by Gasteiger charge is -2.16. The Bertz CT molecular complexity index is 410. The van der Waals surface area contributed by atoms with Crippen molar-refractivity contribution in [1.82, 2.24) is 5.32 Å². The van der Waals surface area contributed by atoms with Crippen LogP contribution in [0.3, 0.4) is 0 Å². The summed E-state index contributed by atoms with van der Waals surface area (Å²) in [7, 11) is 0. The number of carbonyl (C=O) groups is 1. The first-order chi connectivity index (χ1) is 7.54. The van der Waals surface area contributed by atoms with Gasteiger partial charge in [0.1, 0.15) is 23.2 Å². The van der Waals surface area contributed by atoms with Crippen molar-refractivity contribution in [3.63, 3.8) is 0 Å². The van der Waals surface area contributed by atoms with Crippen molar-refractivity contribution < 1.29 is 15.0 Å². The van der Waals surface area contributed by atoms with Gasteiger partial charge in [-0.25, -0.2) is 0 Å². The van der Waals surface area contributed by atoms with Crippen molar-refractivity contribution in [1.29, 1.82) is 5.26 Å². The Morgan fingerprint density at radius 2 is 2.31 bits per heavy atom. The number of hydrogen-bond donors (Lipinski definition) is 3. The summed E-state index contributed by atoms with van der Waals surface area (Å²) >= 11 is 1.12. The molecule has 16 heavy (non-hydrogen) atoms. The quantitative estimate of drug-likeness (QED) is 0.698. The summed E-state index contributed by atoms with van der Waals surface area (Å²) in [6, 6.07) is 5.11. The molecule has 0 aromatic carbocycles. The van der Waals surface area contributed by atoms with Gasteiger partial charge >= 0.3 is 0 Å². The highest BCUT2D eigenvalue weighted by molar-refractivity contribution is 7.12. The summed E-state index contributed by atoms with van der Waals surface area (Å²) < 4.78 is 0. The maximum atomic E-state index is 10.6. The third-order valence-electron chi connectivity index (χ3n) is 1.95. The van der Waals surface area contributed by atoms with E-state index in [1.165, 1.54) is 6.92 Å². The molecule has 86 valence electrons. The van der Waals surface area contributed by atoms with E-state index in [0.717, 1.165) is 11.3 Å². The average Bonchev–Trinajstić information content (AvgIpc) is 2.73. The molecule has 0 saturated carbocycles. The highest BCUT2D eigenvalue weighted by Gasteiger charge is 2.20. The highest BCUT2D eigenvalue weighted by atomic mass is 32.1. The van der Waals surface area contributed by atoms with Crippen molar-refractivity contribution in [2.45, 2.75) is 19.1 Å². The van der Waals surface area contributed by atoms with Gasteiger partial charge in [0.05, 0.1) is 0 Å². The predicted molar refractivity (Wildman–Crippen MR) is 58.7 cm³/mol. The van der Waals surface area contributed by atoms with Crippen LogP contribution < -0.4 is 5.32 Å². The number of rotatable bonds is 4. The van der Waals surface area contributed by atoms with E-state index in [0.29, 0.717) is 9.75 Å². The van der Waals surface area contributed by atoms with Crippen molar-refractivity contribution in [2.24, 2.45) is 0 Å². The monoisotopic (exact) mass is 240 g/mol. The average molecular weight is 240 g/mol.